The van der Waals surface area contributed by atoms with E-state index in [0.29, 0.717) is 17.8 Å². The Bertz CT molecular complexity index is 915. The van der Waals surface area contributed by atoms with E-state index in [1.165, 1.54) is 18.6 Å². The zero-order valence-electron chi connectivity index (χ0n) is 19.1. The van der Waals surface area contributed by atoms with E-state index in [-0.39, 0.29) is 5.82 Å². The molecule has 0 aliphatic carbocycles. The quantitative estimate of drug-likeness (QED) is 0.366. The molecule has 0 amide bonds. The third kappa shape index (κ3) is 8.07. The minimum absolute atomic E-state index is 0.254. The normalized spacial score (nSPS) is 17.1. The topological polar surface area (TPSA) is 140 Å². The number of halogens is 1. The Morgan fingerprint density at radius 2 is 1.65 bits per heavy atom. The Morgan fingerprint density at radius 1 is 1.06 bits per heavy atom. The van der Waals surface area contributed by atoms with E-state index in [4.69, 9.17) is 25.2 Å². The second kappa shape index (κ2) is 13.0. The molecule has 1 saturated heterocycles. The van der Waals surface area contributed by atoms with Crippen LogP contribution in [0.5, 0.6) is 11.5 Å². The number of ether oxygens (including phenoxy) is 1. The highest BCUT2D eigenvalue weighted by molar-refractivity contribution is 5.83. The number of hydrogen-bond acceptors (Lipinski definition) is 7. The van der Waals surface area contributed by atoms with Gasteiger partial charge in [-0.2, -0.15) is 0 Å². The summed E-state index contributed by atoms with van der Waals surface area (Å²) in [5, 5.41) is 36.0. The van der Waals surface area contributed by atoms with Crippen molar-refractivity contribution in [2.45, 2.75) is 51.1 Å². The van der Waals surface area contributed by atoms with Gasteiger partial charge >= 0.3 is 11.9 Å². The number of rotatable bonds is 9. The predicted molar refractivity (Wildman–Crippen MR) is 122 cm³/mol. The number of aliphatic hydroxyl groups is 2. The number of carboxylic acid groups (broad SMARTS) is 2. The molecule has 34 heavy (non-hydrogen) atoms. The number of nitrogens with zero attached hydrogens (tertiary/aromatic N) is 1. The fourth-order valence-corrected chi connectivity index (χ4v) is 3.49. The maximum Gasteiger partial charge on any atom is 0.335 e. The maximum absolute atomic E-state index is 13.1. The number of hydrogen-bond donors (Lipinski definition) is 5. The van der Waals surface area contributed by atoms with Crippen LogP contribution in [0.2, 0.25) is 0 Å². The summed E-state index contributed by atoms with van der Waals surface area (Å²) < 4.78 is 19.1. The van der Waals surface area contributed by atoms with Crippen LogP contribution < -0.4 is 10.1 Å². The van der Waals surface area contributed by atoms with Gasteiger partial charge in [0.05, 0.1) is 0 Å². The van der Waals surface area contributed by atoms with Crippen LogP contribution in [-0.4, -0.2) is 74.6 Å². The molecule has 2 aromatic rings. The van der Waals surface area contributed by atoms with E-state index < -0.39 is 24.1 Å². The van der Waals surface area contributed by atoms with E-state index in [1.54, 1.807) is 12.1 Å². The highest BCUT2D eigenvalue weighted by atomic mass is 19.1. The maximum atomic E-state index is 13.1. The fraction of sp³-hybridized carbons (Fsp3) is 0.417. The molecule has 9 nitrogen and oxygen atoms in total. The third-order valence-corrected chi connectivity index (χ3v) is 5.34. The minimum Gasteiger partial charge on any atom is -0.479 e. The number of carbonyl (C=O) groups is 2. The molecule has 0 unspecified atom stereocenters. The second-order valence-electron chi connectivity index (χ2n) is 8.14. The molecule has 0 spiro atoms. The first-order valence-corrected chi connectivity index (χ1v) is 10.9. The van der Waals surface area contributed by atoms with Gasteiger partial charge in [0, 0.05) is 30.7 Å². The summed E-state index contributed by atoms with van der Waals surface area (Å²) >= 11 is 0. The Morgan fingerprint density at radius 3 is 2.15 bits per heavy atom. The molecule has 0 aromatic heterocycles. The predicted octanol–water partition coefficient (Wildman–Crippen LogP) is 2.07. The van der Waals surface area contributed by atoms with Crippen LogP contribution >= 0.6 is 0 Å². The van der Waals surface area contributed by atoms with Crippen molar-refractivity contribution in [3.05, 3.63) is 59.9 Å². The third-order valence-electron chi connectivity index (χ3n) is 5.34. The number of para-hydroxylation sites is 1. The molecule has 0 saturated carbocycles. The Hall–Kier alpha value is -3.05. The molecule has 1 fully saturated rings. The molecule has 1 heterocycles. The molecule has 0 bridgehead atoms. The molecule has 3 atom stereocenters. The van der Waals surface area contributed by atoms with Gasteiger partial charge in [-0.05, 0) is 57.1 Å². The van der Waals surface area contributed by atoms with E-state index in [9.17, 15) is 14.0 Å². The summed E-state index contributed by atoms with van der Waals surface area (Å²) in [6.45, 7) is 7.45. The highest BCUT2D eigenvalue weighted by Gasteiger charge is 2.29. The zero-order valence-corrected chi connectivity index (χ0v) is 19.1. The Kier molecular flexibility index (Phi) is 10.4. The molecular formula is C24H31FN2O7. The number of carboxylic acids is 2. The fourth-order valence-electron chi connectivity index (χ4n) is 3.49. The molecule has 10 heteroatoms. The van der Waals surface area contributed by atoms with Crippen molar-refractivity contribution < 1.29 is 39.1 Å². The van der Waals surface area contributed by atoms with E-state index >= 15 is 0 Å². The van der Waals surface area contributed by atoms with Crippen molar-refractivity contribution in [3.63, 3.8) is 0 Å². The van der Waals surface area contributed by atoms with Gasteiger partial charge in [0.1, 0.15) is 17.3 Å². The van der Waals surface area contributed by atoms with E-state index in [2.05, 4.69) is 30.1 Å². The average Bonchev–Trinajstić information content (AvgIpc) is 3.33. The van der Waals surface area contributed by atoms with Gasteiger partial charge in [-0.3, -0.25) is 4.90 Å². The summed E-state index contributed by atoms with van der Waals surface area (Å²) in [6, 6.07) is 15.3. The molecule has 1 aliphatic rings. The first-order chi connectivity index (χ1) is 16.1. The molecule has 3 rings (SSSR count). The molecule has 1 aliphatic heterocycles. The van der Waals surface area contributed by atoms with Crippen LogP contribution in [-0.2, 0) is 16.1 Å². The summed E-state index contributed by atoms with van der Waals surface area (Å²) in [5.41, 5.74) is 1.16. The molecule has 186 valence electrons. The van der Waals surface area contributed by atoms with Crippen molar-refractivity contribution in [1.82, 2.24) is 10.2 Å². The van der Waals surface area contributed by atoms with Crippen LogP contribution in [0.15, 0.2) is 48.5 Å². The highest BCUT2D eigenvalue weighted by Crippen LogP contribution is 2.28. The second-order valence-corrected chi connectivity index (χ2v) is 8.14. The SMILES string of the molecule is CC(C)N(Cc1ccccc1Oc1ccc(F)cc1)[C@H]1CCNC1.O=C(O)[C@H](O)[C@@H](O)C(=O)O. The van der Waals surface area contributed by atoms with Gasteiger partial charge in [-0.25, -0.2) is 14.0 Å². The Labute approximate surface area is 197 Å². The summed E-state index contributed by atoms with van der Waals surface area (Å²) in [6.07, 6.45) is -3.35. The summed E-state index contributed by atoms with van der Waals surface area (Å²) in [4.78, 5) is 22.1. The van der Waals surface area contributed by atoms with Crippen LogP contribution in [0.25, 0.3) is 0 Å². The monoisotopic (exact) mass is 478 g/mol. The lowest BCUT2D eigenvalue weighted by molar-refractivity contribution is -0.165. The van der Waals surface area contributed by atoms with Crippen LogP contribution in [0, 0.1) is 5.82 Å². The molecule has 0 radical (unpaired) electrons. The molecular weight excluding hydrogens is 447 g/mol. The van der Waals surface area contributed by atoms with Crippen molar-refractivity contribution in [2.75, 3.05) is 13.1 Å². The van der Waals surface area contributed by atoms with Crippen LogP contribution in [0.1, 0.15) is 25.8 Å². The summed E-state index contributed by atoms with van der Waals surface area (Å²) in [7, 11) is 0. The van der Waals surface area contributed by atoms with Gasteiger partial charge in [0.2, 0.25) is 0 Å². The van der Waals surface area contributed by atoms with Crippen molar-refractivity contribution in [3.8, 4) is 11.5 Å². The standard InChI is InChI=1S/C20H25FN2O.C4H6O6/c1-15(2)23(18-11-12-22-13-18)14-16-5-3-4-6-20(16)24-19-9-7-17(21)8-10-19;5-1(3(7)8)2(6)4(9)10/h3-10,15,18,22H,11-14H2,1-2H3;1-2,5-6H,(H,7,8)(H,9,10)/t18-;1-,2-/m01/s1. The number of nitrogens with one attached hydrogen (secondary N) is 1. The summed E-state index contributed by atoms with van der Waals surface area (Å²) in [5.74, 6) is -2.30. The van der Waals surface area contributed by atoms with Crippen molar-refractivity contribution >= 4 is 11.9 Å². The molecule has 2 aromatic carbocycles. The largest absolute Gasteiger partial charge is 0.479 e. The Balaban J connectivity index is 0.000000347. The van der Waals surface area contributed by atoms with E-state index in [0.717, 1.165) is 30.9 Å². The van der Waals surface area contributed by atoms with Gasteiger partial charge < -0.3 is 30.5 Å². The smallest absolute Gasteiger partial charge is 0.335 e. The average molecular weight is 479 g/mol. The number of aliphatic carboxylic acids is 2. The van der Waals surface area contributed by atoms with Crippen LogP contribution in [0.3, 0.4) is 0 Å². The lowest BCUT2D eigenvalue weighted by atomic mass is 10.1. The van der Waals surface area contributed by atoms with Crippen molar-refractivity contribution in [2.24, 2.45) is 0 Å². The zero-order chi connectivity index (χ0) is 25.3. The number of aliphatic hydroxyl groups excluding tert-OH is 2. The minimum atomic E-state index is -2.27. The first kappa shape index (κ1) is 27.2. The van der Waals surface area contributed by atoms with E-state index in [1.807, 2.05) is 18.2 Å². The number of benzene rings is 2. The van der Waals surface area contributed by atoms with Gasteiger partial charge in [-0.15, -0.1) is 0 Å². The lowest BCUT2D eigenvalue weighted by Gasteiger charge is -2.32. The van der Waals surface area contributed by atoms with Gasteiger partial charge in [0.25, 0.3) is 0 Å². The van der Waals surface area contributed by atoms with Crippen molar-refractivity contribution in [1.29, 1.82) is 0 Å². The first-order valence-electron chi connectivity index (χ1n) is 10.9. The molecule has 5 N–H and O–H groups in total. The van der Waals surface area contributed by atoms with Gasteiger partial charge in [0.15, 0.2) is 12.2 Å². The van der Waals surface area contributed by atoms with Gasteiger partial charge in [-0.1, -0.05) is 18.2 Å². The van der Waals surface area contributed by atoms with Crippen LogP contribution in [0.4, 0.5) is 4.39 Å². The lowest BCUT2D eigenvalue weighted by Crippen LogP contribution is -2.41.